The van der Waals surface area contributed by atoms with Crippen molar-refractivity contribution in [3.63, 3.8) is 0 Å². The molecule has 2 heterocycles. The summed E-state index contributed by atoms with van der Waals surface area (Å²) in [7, 11) is 0. The molecule has 0 atom stereocenters. The first-order chi connectivity index (χ1) is 5.47. The van der Waals surface area contributed by atoms with Gasteiger partial charge in [-0.1, -0.05) is 0 Å². The van der Waals surface area contributed by atoms with Gasteiger partial charge in [0.15, 0.2) is 0 Å². The molecule has 0 saturated carbocycles. The van der Waals surface area contributed by atoms with Crippen LogP contribution < -0.4 is 0 Å². The first-order valence-electron chi connectivity index (χ1n) is 3.35. The van der Waals surface area contributed by atoms with E-state index in [1.54, 1.807) is 30.9 Å². The molecule has 3 heteroatoms. The number of hydrogen-bond acceptors (Lipinski definition) is 3. The van der Waals surface area contributed by atoms with Crippen LogP contribution in [0.1, 0.15) is 0 Å². The lowest BCUT2D eigenvalue weighted by atomic mass is 10.3. The highest BCUT2D eigenvalue weighted by Gasteiger charge is 2.06. The number of rotatable bonds is 0. The third-order valence-electron chi connectivity index (χ3n) is 1.40. The second kappa shape index (κ2) is 2.62. The van der Waals surface area contributed by atoms with Gasteiger partial charge in [-0.3, -0.25) is 4.99 Å². The van der Waals surface area contributed by atoms with Crippen LogP contribution in [0.15, 0.2) is 41.1 Å². The summed E-state index contributed by atoms with van der Waals surface area (Å²) in [6, 6.07) is 0. The molecule has 11 heavy (non-hydrogen) atoms. The molecule has 0 spiro atoms. The molecular weight excluding hydrogens is 142 g/mol. The Kier molecular flexibility index (Phi) is 1.48. The molecule has 0 aliphatic carbocycles. The van der Waals surface area contributed by atoms with E-state index in [2.05, 4.69) is 4.99 Å². The molecule has 0 fully saturated rings. The zero-order chi connectivity index (χ0) is 7.52. The maximum absolute atomic E-state index is 5.27. The van der Waals surface area contributed by atoms with E-state index >= 15 is 0 Å². The van der Waals surface area contributed by atoms with Gasteiger partial charge in [0.1, 0.15) is 18.1 Å². The molecule has 0 unspecified atom stereocenters. The summed E-state index contributed by atoms with van der Waals surface area (Å²) in [5.74, 6) is 0.765. The fraction of sp³-hybridized carbons (Fsp3) is 0.125. The Hall–Kier alpha value is -1.51. The highest BCUT2D eigenvalue weighted by molar-refractivity contribution is 5.63. The van der Waals surface area contributed by atoms with Crippen molar-refractivity contribution in [3.8, 4) is 0 Å². The van der Waals surface area contributed by atoms with E-state index in [9.17, 15) is 0 Å². The SMILES string of the molecule is C1=CC2=C(C=CO1)OCC=N2. The Morgan fingerprint density at radius 1 is 1.27 bits per heavy atom. The third kappa shape index (κ3) is 1.17. The van der Waals surface area contributed by atoms with Crippen molar-refractivity contribution in [2.75, 3.05) is 6.61 Å². The van der Waals surface area contributed by atoms with Crippen molar-refractivity contribution in [2.45, 2.75) is 0 Å². The van der Waals surface area contributed by atoms with E-state index in [0.717, 1.165) is 11.5 Å². The van der Waals surface area contributed by atoms with Crippen molar-refractivity contribution in [1.29, 1.82) is 0 Å². The molecule has 56 valence electrons. The van der Waals surface area contributed by atoms with E-state index < -0.39 is 0 Å². The number of aliphatic imine (C=N–C) groups is 1. The van der Waals surface area contributed by atoms with Crippen LogP contribution in [0.25, 0.3) is 0 Å². The topological polar surface area (TPSA) is 30.8 Å². The first kappa shape index (κ1) is 6.22. The van der Waals surface area contributed by atoms with E-state index in [4.69, 9.17) is 9.47 Å². The minimum atomic E-state index is 0.539. The summed E-state index contributed by atoms with van der Waals surface area (Å²) in [5.41, 5.74) is 0.810. The Balaban J connectivity index is 2.39. The Bertz CT molecular complexity index is 274. The Labute approximate surface area is 64.3 Å². The highest BCUT2D eigenvalue weighted by Crippen LogP contribution is 2.16. The number of ether oxygens (including phenoxy) is 2. The summed E-state index contributed by atoms with van der Waals surface area (Å²) in [4.78, 5) is 4.12. The molecule has 2 rings (SSSR count). The van der Waals surface area contributed by atoms with Crippen LogP contribution in [-0.2, 0) is 9.47 Å². The fourth-order valence-electron chi connectivity index (χ4n) is 0.909. The van der Waals surface area contributed by atoms with Crippen LogP contribution in [-0.4, -0.2) is 12.8 Å². The fourth-order valence-corrected chi connectivity index (χ4v) is 0.909. The quantitative estimate of drug-likeness (QED) is 0.520. The Morgan fingerprint density at radius 2 is 2.18 bits per heavy atom. The summed E-state index contributed by atoms with van der Waals surface area (Å²) in [6.07, 6.45) is 8.39. The van der Waals surface area contributed by atoms with Gasteiger partial charge in [-0.05, 0) is 0 Å². The highest BCUT2D eigenvalue weighted by atomic mass is 16.5. The summed E-state index contributed by atoms with van der Waals surface area (Å²) in [6.45, 7) is 0.539. The van der Waals surface area contributed by atoms with Crippen molar-refractivity contribution in [2.24, 2.45) is 4.99 Å². The molecule has 2 aliphatic heterocycles. The lowest BCUT2D eigenvalue weighted by molar-refractivity contribution is 0.267. The van der Waals surface area contributed by atoms with Crippen LogP contribution in [0.5, 0.6) is 0 Å². The molecule has 3 nitrogen and oxygen atoms in total. The van der Waals surface area contributed by atoms with Crippen LogP contribution in [0, 0.1) is 0 Å². The number of hydrogen-bond donors (Lipinski definition) is 0. The average Bonchev–Trinajstić information content (AvgIpc) is 2.28. The van der Waals surface area contributed by atoms with E-state index in [0.29, 0.717) is 6.61 Å². The van der Waals surface area contributed by atoms with E-state index in [1.807, 2.05) is 0 Å². The van der Waals surface area contributed by atoms with Crippen molar-refractivity contribution in [3.05, 3.63) is 36.1 Å². The summed E-state index contributed by atoms with van der Waals surface area (Å²) >= 11 is 0. The van der Waals surface area contributed by atoms with E-state index in [-0.39, 0.29) is 0 Å². The molecular formula is C8H7NO2. The van der Waals surface area contributed by atoms with Gasteiger partial charge < -0.3 is 9.47 Å². The van der Waals surface area contributed by atoms with Gasteiger partial charge in [0.05, 0.1) is 12.5 Å². The van der Waals surface area contributed by atoms with Gasteiger partial charge in [-0.15, -0.1) is 0 Å². The minimum absolute atomic E-state index is 0.539. The van der Waals surface area contributed by atoms with Crippen LogP contribution in [0.4, 0.5) is 0 Å². The van der Waals surface area contributed by atoms with Gasteiger partial charge in [0.25, 0.3) is 0 Å². The summed E-state index contributed by atoms with van der Waals surface area (Å²) < 4.78 is 10.2. The molecule has 0 saturated heterocycles. The van der Waals surface area contributed by atoms with Gasteiger partial charge in [-0.25, -0.2) is 0 Å². The molecule has 0 radical (unpaired) electrons. The molecule has 0 N–H and O–H groups in total. The average molecular weight is 149 g/mol. The predicted molar refractivity (Wildman–Crippen MR) is 40.8 cm³/mol. The smallest absolute Gasteiger partial charge is 0.148 e. The van der Waals surface area contributed by atoms with Crippen molar-refractivity contribution >= 4 is 6.21 Å². The van der Waals surface area contributed by atoms with Crippen molar-refractivity contribution in [1.82, 2.24) is 0 Å². The normalized spacial score (nSPS) is 20.4. The van der Waals surface area contributed by atoms with Crippen LogP contribution in [0.3, 0.4) is 0 Å². The molecule has 0 bridgehead atoms. The van der Waals surface area contributed by atoms with Gasteiger partial charge in [0, 0.05) is 18.4 Å². The zero-order valence-corrected chi connectivity index (χ0v) is 5.86. The van der Waals surface area contributed by atoms with Crippen LogP contribution in [0.2, 0.25) is 0 Å². The largest absolute Gasteiger partial charge is 0.486 e. The van der Waals surface area contributed by atoms with E-state index in [1.165, 1.54) is 0 Å². The van der Waals surface area contributed by atoms with Gasteiger partial charge >= 0.3 is 0 Å². The molecule has 0 aromatic rings. The third-order valence-corrected chi connectivity index (χ3v) is 1.40. The lowest BCUT2D eigenvalue weighted by Crippen LogP contribution is -2.01. The molecule has 0 aromatic carbocycles. The monoisotopic (exact) mass is 149 g/mol. The lowest BCUT2D eigenvalue weighted by Gasteiger charge is -2.08. The minimum Gasteiger partial charge on any atom is -0.486 e. The van der Waals surface area contributed by atoms with Gasteiger partial charge in [-0.2, -0.15) is 0 Å². The standard InChI is InChI=1S/C8H7NO2/c1-4-10-5-2-8-7(1)9-3-6-11-8/h1-5H,6H2. The molecule has 2 aliphatic rings. The second-order valence-electron chi connectivity index (χ2n) is 2.11. The maximum atomic E-state index is 5.27. The second-order valence-corrected chi connectivity index (χ2v) is 2.11. The van der Waals surface area contributed by atoms with Crippen LogP contribution >= 0.6 is 0 Å². The van der Waals surface area contributed by atoms with Gasteiger partial charge in [0.2, 0.25) is 0 Å². The molecule has 0 aromatic heterocycles. The van der Waals surface area contributed by atoms with Crippen molar-refractivity contribution < 1.29 is 9.47 Å². The Morgan fingerprint density at radius 3 is 3.18 bits per heavy atom. The number of nitrogens with zero attached hydrogens (tertiary/aromatic N) is 1. The predicted octanol–water partition coefficient (Wildman–Crippen LogP) is 1.36. The summed E-state index contributed by atoms with van der Waals surface area (Å²) in [5, 5.41) is 0. The maximum Gasteiger partial charge on any atom is 0.148 e. The first-order valence-corrected chi connectivity index (χ1v) is 3.35. The number of allylic oxidation sites excluding steroid dienone is 2. The zero-order valence-electron chi connectivity index (χ0n) is 5.86. The molecule has 0 amide bonds.